The predicted octanol–water partition coefficient (Wildman–Crippen LogP) is 3.67. The highest BCUT2D eigenvalue weighted by molar-refractivity contribution is 5.09. The molecule has 0 bridgehead atoms. The summed E-state index contributed by atoms with van der Waals surface area (Å²) < 4.78 is 5.65. The van der Waals surface area contributed by atoms with Crippen LogP contribution in [0.15, 0.2) is 16.5 Å². The van der Waals surface area contributed by atoms with Gasteiger partial charge in [-0.15, -0.1) is 0 Å². The van der Waals surface area contributed by atoms with Crippen molar-refractivity contribution in [3.63, 3.8) is 0 Å². The second-order valence-corrected chi connectivity index (χ2v) is 4.42. The highest BCUT2D eigenvalue weighted by Gasteiger charge is 2.15. The molecule has 0 fully saturated rings. The van der Waals surface area contributed by atoms with Gasteiger partial charge in [-0.25, -0.2) is 0 Å². The largest absolute Gasteiger partial charge is 0.465 e. The van der Waals surface area contributed by atoms with E-state index in [-0.39, 0.29) is 0 Å². The molecular weight excluding hydrogens is 186 g/mol. The summed E-state index contributed by atoms with van der Waals surface area (Å²) in [5.74, 6) is 2.81. The van der Waals surface area contributed by atoms with E-state index in [1.165, 1.54) is 12.8 Å². The maximum atomic E-state index is 5.65. The van der Waals surface area contributed by atoms with Crippen molar-refractivity contribution in [3.8, 4) is 0 Å². The summed E-state index contributed by atoms with van der Waals surface area (Å²) in [7, 11) is 2.00. The Bertz CT molecular complexity index is 280. The van der Waals surface area contributed by atoms with Crippen LogP contribution in [-0.2, 0) is 0 Å². The normalized spacial score (nSPS) is 15.2. The molecule has 0 spiro atoms. The highest BCUT2D eigenvalue weighted by atomic mass is 16.3. The van der Waals surface area contributed by atoms with Gasteiger partial charge in [-0.1, -0.05) is 26.7 Å². The summed E-state index contributed by atoms with van der Waals surface area (Å²) in [6, 6.07) is 4.47. The Hall–Kier alpha value is -0.760. The van der Waals surface area contributed by atoms with E-state index < -0.39 is 0 Å². The van der Waals surface area contributed by atoms with E-state index in [4.69, 9.17) is 4.42 Å². The van der Waals surface area contributed by atoms with Crippen molar-refractivity contribution in [2.24, 2.45) is 5.92 Å². The molecule has 0 aliphatic rings. The maximum Gasteiger partial charge on any atom is 0.121 e. The molecule has 0 saturated carbocycles. The molecule has 2 unspecified atom stereocenters. The third-order valence-electron chi connectivity index (χ3n) is 2.87. The van der Waals surface area contributed by atoms with Crippen molar-refractivity contribution in [1.29, 1.82) is 0 Å². The summed E-state index contributed by atoms with van der Waals surface area (Å²) in [5, 5.41) is 3.33. The van der Waals surface area contributed by atoms with Gasteiger partial charge in [0.1, 0.15) is 11.5 Å². The molecule has 1 aromatic heterocycles. The maximum absolute atomic E-state index is 5.65. The second kappa shape index (κ2) is 5.96. The third kappa shape index (κ3) is 3.71. The third-order valence-corrected chi connectivity index (χ3v) is 2.87. The van der Waals surface area contributed by atoms with Crippen LogP contribution in [0.4, 0.5) is 0 Å². The summed E-state index contributed by atoms with van der Waals surface area (Å²) in [6.07, 6.45) is 3.70. The zero-order valence-electron chi connectivity index (χ0n) is 10.3. The van der Waals surface area contributed by atoms with Crippen LogP contribution in [0.2, 0.25) is 0 Å². The van der Waals surface area contributed by atoms with Gasteiger partial charge in [0.05, 0.1) is 6.04 Å². The molecule has 0 aromatic carbocycles. The Morgan fingerprint density at radius 2 is 2.13 bits per heavy atom. The first kappa shape index (κ1) is 12.3. The molecule has 0 aliphatic carbocycles. The van der Waals surface area contributed by atoms with Crippen molar-refractivity contribution >= 4 is 0 Å². The van der Waals surface area contributed by atoms with E-state index in [2.05, 4.69) is 25.2 Å². The molecule has 1 heterocycles. The van der Waals surface area contributed by atoms with Gasteiger partial charge in [0.15, 0.2) is 0 Å². The predicted molar refractivity (Wildman–Crippen MR) is 63.9 cm³/mol. The van der Waals surface area contributed by atoms with Gasteiger partial charge in [0.25, 0.3) is 0 Å². The molecule has 86 valence electrons. The fraction of sp³-hybridized carbons (Fsp3) is 0.692. The summed E-state index contributed by atoms with van der Waals surface area (Å²) >= 11 is 0. The first-order chi connectivity index (χ1) is 7.17. The second-order valence-electron chi connectivity index (χ2n) is 4.42. The number of aryl methyl sites for hydroxylation is 1. The highest BCUT2D eigenvalue weighted by Crippen LogP contribution is 2.24. The lowest BCUT2D eigenvalue weighted by molar-refractivity contribution is 0.349. The zero-order valence-corrected chi connectivity index (χ0v) is 10.3. The van der Waals surface area contributed by atoms with Gasteiger partial charge in [-0.05, 0) is 38.4 Å². The van der Waals surface area contributed by atoms with Crippen LogP contribution < -0.4 is 5.32 Å². The molecular formula is C13H23NO. The minimum atomic E-state index is 0.361. The van der Waals surface area contributed by atoms with E-state index in [1.54, 1.807) is 0 Å². The fourth-order valence-electron chi connectivity index (χ4n) is 2.03. The molecule has 0 aliphatic heterocycles. The van der Waals surface area contributed by atoms with Crippen LogP contribution in [-0.4, -0.2) is 7.05 Å². The Kier molecular flexibility index (Phi) is 4.89. The fourth-order valence-corrected chi connectivity index (χ4v) is 2.03. The lowest BCUT2D eigenvalue weighted by Gasteiger charge is -2.18. The summed E-state index contributed by atoms with van der Waals surface area (Å²) in [5.41, 5.74) is 0. The van der Waals surface area contributed by atoms with Crippen molar-refractivity contribution in [1.82, 2.24) is 5.32 Å². The van der Waals surface area contributed by atoms with E-state index in [1.807, 2.05) is 20.0 Å². The topological polar surface area (TPSA) is 25.2 Å². The molecule has 1 aromatic rings. The van der Waals surface area contributed by atoms with E-state index in [0.717, 1.165) is 23.9 Å². The van der Waals surface area contributed by atoms with Crippen molar-refractivity contribution < 1.29 is 4.42 Å². The van der Waals surface area contributed by atoms with E-state index in [9.17, 15) is 0 Å². The molecule has 0 radical (unpaired) electrons. The smallest absolute Gasteiger partial charge is 0.121 e. The summed E-state index contributed by atoms with van der Waals surface area (Å²) in [6.45, 7) is 6.54. The summed E-state index contributed by atoms with van der Waals surface area (Å²) in [4.78, 5) is 0. The van der Waals surface area contributed by atoms with Crippen molar-refractivity contribution in [3.05, 3.63) is 23.7 Å². The van der Waals surface area contributed by atoms with Crippen molar-refractivity contribution in [2.45, 2.75) is 46.1 Å². The monoisotopic (exact) mass is 209 g/mol. The van der Waals surface area contributed by atoms with Gasteiger partial charge < -0.3 is 9.73 Å². The van der Waals surface area contributed by atoms with Gasteiger partial charge in [-0.3, -0.25) is 0 Å². The van der Waals surface area contributed by atoms with E-state index >= 15 is 0 Å². The molecule has 2 atom stereocenters. The lowest BCUT2D eigenvalue weighted by atomic mass is 9.96. The first-order valence-electron chi connectivity index (χ1n) is 5.91. The average Bonchev–Trinajstić information content (AvgIpc) is 2.61. The molecule has 0 amide bonds. The standard InChI is InChI=1S/C13H23NO/c1-5-6-10(2)9-12(14-4)13-8-7-11(3)15-13/h7-8,10,12,14H,5-6,9H2,1-4H3. The number of furan rings is 1. The van der Waals surface area contributed by atoms with Crippen LogP contribution in [0.1, 0.15) is 50.7 Å². The first-order valence-corrected chi connectivity index (χ1v) is 5.91. The molecule has 1 N–H and O–H groups in total. The number of hydrogen-bond donors (Lipinski definition) is 1. The minimum Gasteiger partial charge on any atom is -0.465 e. The zero-order chi connectivity index (χ0) is 11.3. The Morgan fingerprint density at radius 3 is 2.60 bits per heavy atom. The van der Waals surface area contributed by atoms with Gasteiger partial charge >= 0.3 is 0 Å². The average molecular weight is 209 g/mol. The van der Waals surface area contributed by atoms with Crippen LogP contribution in [0.5, 0.6) is 0 Å². The van der Waals surface area contributed by atoms with E-state index in [0.29, 0.717) is 6.04 Å². The number of nitrogens with one attached hydrogen (secondary N) is 1. The molecule has 2 nitrogen and oxygen atoms in total. The van der Waals surface area contributed by atoms with Crippen LogP contribution >= 0.6 is 0 Å². The Balaban J connectivity index is 2.56. The Morgan fingerprint density at radius 1 is 1.40 bits per heavy atom. The molecule has 2 heteroatoms. The number of rotatable bonds is 6. The SMILES string of the molecule is CCCC(C)CC(NC)c1ccc(C)o1. The van der Waals surface area contributed by atoms with Gasteiger partial charge in [-0.2, -0.15) is 0 Å². The Labute approximate surface area is 93.1 Å². The van der Waals surface area contributed by atoms with Crippen LogP contribution in [0.25, 0.3) is 0 Å². The number of hydrogen-bond acceptors (Lipinski definition) is 2. The molecule has 0 saturated heterocycles. The van der Waals surface area contributed by atoms with Crippen LogP contribution in [0, 0.1) is 12.8 Å². The lowest BCUT2D eigenvalue weighted by Crippen LogP contribution is -2.18. The van der Waals surface area contributed by atoms with Crippen LogP contribution in [0.3, 0.4) is 0 Å². The quantitative estimate of drug-likeness (QED) is 0.773. The van der Waals surface area contributed by atoms with Crippen molar-refractivity contribution in [2.75, 3.05) is 7.05 Å². The van der Waals surface area contributed by atoms with Gasteiger partial charge in [0.2, 0.25) is 0 Å². The molecule has 1 rings (SSSR count). The van der Waals surface area contributed by atoms with Gasteiger partial charge in [0, 0.05) is 0 Å². The molecule has 15 heavy (non-hydrogen) atoms. The minimum absolute atomic E-state index is 0.361.